The van der Waals surface area contributed by atoms with Gasteiger partial charge in [-0.25, -0.2) is 0 Å². The number of hydrogen-bond acceptors (Lipinski definition) is 0. The summed E-state index contributed by atoms with van der Waals surface area (Å²) < 4.78 is 0. The minimum atomic E-state index is 0.0894. The van der Waals surface area contributed by atoms with Crippen LogP contribution in [0.15, 0.2) is 48.5 Å². The van der Waals surface area contributed by atoms with Crippen LogP contribution in [0, 0.1) is 19.8 Å². The molecule has 1 atom stereocenters. The molecular weight excluding hydrogens is 264 g/mol. The average Bonchev–Trinajstić information content (AvgIpc) is 2.53. The zero-order valence-corrected chi connectivity index (χ0v) is 14.8. The third kappa shape index (κ3) is 3.27. The standard InChI is InChI=1S/C22H30/c1-6-8-19(7-2)22(5,20-13-9-17(3)10-14-20)21-15-11-18(4)12-16-21/h9-16,19H,6-8H2,1-5H3. The minimum Gasteiger partial charge on any atom is -0.0654 e. The number of aryl methyl sites for hydroxylation is 2. The zero-order chi connectivity index (χ0) is 16.2. The number of hydrogen-bond donors (Lipinski definition) is 0. The van der Waals surface area contributed by atoms with Gasteiger partial charge in [-0.2, -0.15) is 0 Å². The van der Waals surface area contributed by atoms with E-state index in [0.29, 0.717) is 5.92 Å². The molecule has 2 rings (SSSR count). The first-order chi connectivity index (χ1) is 10.5. The van der Waals surface area contributed by atoms with Crippen molar-refractivity contribution < 1.29 is 0 Å². The number of rotatable bonds is 6. The lowest BCUT2D eigenvalue weighted by atomic mass is 9.65. The Morgan fingerprint density at radius 1 is 0.773 bits per heavy atom. The highest BCUT2D eigenvalue weighted by molar-refractivity contribution is 5.41. The van der Waals surface area contributed by atoms with Crippen LogP contribution < -0.4 is 0 Å². The summed E-state index contributed by atoms with van der Waals surface area (Å²) in [5.74, 6) is 0.669. The van der Waals surface area contributed by atoms with E-state index in [1.54, 1.807) is 0 Å². The second-order valence-corrected chi connectivity index (χ2v) is 6.83. The highest BCUT2D eigenvalue weighted by Crippen LogP contribution is 2.42. The third-order valence-electron chi connectivity index (χ3n) is 5.25. The van der Waals surface area contributed by atoms with E-state index in [1.165, 1.54) is 41.5 Å². The lowest BCUT2D eigenvalue weighted by Crippen LogP contribution is -2.33. The van der Waals surface area contributed by atoms with Crippen LogP contribution >= 0.6 is 0 Å². The Kier molecular flexibility index (Phi) is 5.45. The van der Waals surface area contributed by atoms with Gasteiger partial charge in [0, 0.05) is 5.41 Å². The van der Waals surface area contributed by atoms with Gasteiger partial charge in [0.05, 0.1) is 0 Å². The van der Waals surface area contributed by atoms with Gasteiger partial charge in [0.1, 0.15) is 0 Å². The molecule has 0 radical (unpaired) electrons. The van der Waals surface area contributed by atoms with Crippen molar-refractivity contribution in [2.24, 2.45) is 5.92 Å². The molecule has 22 heavy (non-hydrogen) atoms. The SMILES string of the molecule is CCCC(CC)C(C)(c1ccc(C)cc1)c1ccc(C)cc1. The van der Waals surface area contributed by atoms with Crippen LogP contribution in [-0.2, 0) is 5.41 Å². The summed E-state index contributed by atoms with van der Waals surface area (Å²) in [6.45, 7) is 11.4. The van der Waals surface area contributed by atoms with Gasteiger partial charge in [0.25, 0.3) is 0 Å². The fourth-order valence-corrected chi connectivity index (χ4v) is 3.69. The van der Waals surface area contributed by atoms with Crippen molar-refractivity contribution >= 4 is 0 Å². The maximum Gasteiger partial charge on any atom is 0.0202 e. The van der Waals surface area contributed by atoms with Crippen molar-refractivity contribution in [3.8, 4) is 0 Å². The van der Waals surface area contributed by atoms with Crippen LogP contribution in [0.25, 0.3) is 0 Å². The van der Waals surface area contributed by atoms with Gasteiger partial charge in [-0.15, -0.1) is 0 Å². The van der Waals surface area contributed by atoms with Gasteiger partial charge < -0.3 is 0 Å². The van der Waals surface area contributed by atoms with Gasteiger partial charge in [-0.3, -0.25) is 0 Å². The predicted octanol–water partition coefficient (Wildman–Crippen LogP) is 6.44. The minimum absolute atomic E-state index is 0.0894. The molecule has 0 bridgehead atoms. The molecule has 0 amide bonds. The quantitative estimate of drug-likeness (QED) is 0.575. The van der Waals surface area contributed by atoms with Gasteiger partial charge >= 0.3 is 0 Å². The van der Waals surface area contributed by atoms with Crippen LogP contribution in [0.5, 0.6) is 0 Å². The van der Waals surface area contributed by atoms with E-state index in [1.807, 2.05) is 0 Å². The van der Waals surface area contributed by atoms with E-state index < -0.39 is 0 Å². The van der Waals surface area contributed by atoms with E-state index in [9.17, 15) is 0 Å². The molecule has 2 aromatic carbocycles. The molecule has 0 N–H and O–H groups in total. The predicted molar refractivity (Wildman–Crippen MR) is 97.5 cm³/mol. The van der Waals surface area contributed by atoms with Crippen molar-refractivity contribution in [1.82, 2.24) is 0 Å². The molecule has 2 aromatic rings. The lowest BCUT2D eigenvalue weighted by molar-refractivity contribution is 0.311. The molecule has 0 heteroatoms. The molecule has 0 aliphatic carbocycles. The van der Waals surface area contributed by atoms with Crippen molar-refractivity contribution in [1.29, 1.82) is 0 Å². The smallest absolute Gasteiger partial charge is 0.0202 e. The van der Waals surface area contributed by atoms with Crippen LogP contribution in [0.1, 0.15) is 62.3 Å². The van der Waals surface area contributed by atoms with Gasteiger partial charge in [0.15, 0.2) is 0 Å². The average molecular weight is 294 g/mol. The summed E-state index contributed by atoms with van der Waals surface area (Å²) >= 11 is 0. The Morgan fingerprint density at radius 3 is 1.50 bits per heavy atom. The van der Waals surface area contributed by atoms with Crippen molar-refractivity contribution in [3.05, 3.63) is 70.8 Å². The summed E-state index contributed by atoms with van der Waals surface area (Å²) in [7, 11) is 0. The van der Waals surface area contributed by atoms with Gasteiger partial charge in [-0.05, 0) is 37.3 Å². The van der Waals surface area contributed by atoms with Crippen molar-refractivity contribution in [3.63, 3.8) is 0 Å². The van der Waals surface area contributed by atoms with Crippen molar-refractivity contribution in [2.45, 2.75) is 59.3 Å². The summed E-state index contributed by atoms with van der Waals surface area (Å²) in [4.78, 5) is 0. The zero-order valence-electron chi connectivity index (χ0n) is 14.8. The summed E-state index contributed by atoms with van der Waals surface area (Å²) in [6, 6.07) is 18.3. The highest BCUT2D eigenvalue weighted by Gasteiger charge is 2.35. The molecule has 0 saturated carbocycles. The third-order valence-corrected chi connectivity index (χ3v) is 5.25. The molecule has 0 heterocycles. The van der Waals surface area contributed by atoms with E-state index in [0.717, 1.165) is 0 Å². The molecule has 1 unspecified atom stereocenters. The Balaban J connectivity index is 2.56. The fourth-order valence-electron chi connectivity index (χ4n) is 3.69. The van der Waals surface area contributed by atoms with E-state index in [-0.39, 0.29) is 5.41 Å². The topological polar surface area (TPSA) is 0 Å². The van der Waals surface area contributed by atoms with Crippen LogP contribution in [0.2, 0.25) is 0 Å². The molecule has 0 saturated heterocycles. The monoisotopic (exact) mass is 294 g/mol. The maximum atomic E-state index is 2.44. The largest absolute Gasteiger partial charge is 0.0654 e. The normalized spacial score (nSPS) is 13.1. The first kappa shape index (κ1) is 16.8. The molecule has 0 nitrogen and oxygen atoms in total. The molecule has 0 spiro atoms. The van der Waals surface area contributed by atoms with Gasteiger partial charge in [-0.1, -0.05) is 93.3 Å². The summed E-state index contributed by atoms with van der Waals surface area (Å²) in [5.41, 5.74) is 5.65. The fraction of sp³-hybridized carbons (Fsp3) is 0.455. The summed E-state index contributed by atoms with van der Waals surface area (Å²) in [6.07, 6.45) is 3.73. The van der Waals surface area contributed by atoms with E-state index in [2.05, 4.69) is 83.1 Å². The van der Waals surface area contributed by atoms with E-state index in [4.69, 9.17) is 0 Å². The Hall–Kier alpha value is -1.56. The van der Waals surface area contributed by atoms with E-state index >= 15 is 0 Å². The molecule has 0 fully saturated rings. The number of benzene rings is 2. The molecule has 0 aliphatic heterocycles. The molecular formula is C22H30. The van der Waals surface area contributed by atoms with Crippen LogP contribution in [0.4, 0.5) is 0 Å². The second-order valence-electron chi connectivity index (χ2n) is 6.83. The van der Waals surface area contributed by atoms with Crippen LogP contribution in [-0.4, -0.2) is 0 Å². The maximum absolute atomic E-state index is 2.44. The molecule has 0 aromatic heterocycles. The Morgan fingerprint density at radius 2 is 1.18 bits per heavy atom. The Labute approximate surface area is 136 Å². The van der Waals surface area contributed by atoms with Gasteiger partial charge in [0.2, 0.25) is 0 Å². The summed E-state index contributed by atoms with van der Waals surface area (Å²) in [5, 5.41) is 0. The highest BCUT2D eigenvalue weighted by atomic mass is 14.4. The second kappa shape index (κ2) is 7.13. The molecule has 0 aliphatic rings. The van der Waals surface area contributed by atoms with Crippen molar-refractivity contribution in [2.75, 3.05) is 0 Å². The first-order valence-electron chi connectivity index (χ1n) is 8.66. The van der Waals surface area contributed by atoms with Crippen LogP contribution in [0.3, 0.4) is 0 Å². The lowest BCUT2D eigenvalue weighted by Gasteiger charge is -2.39. The molecule has 118 valence electrons. The Bertz CT molecular complexity index is 529. The first-order valence-corrected chi connectivity index (χ1v) is 8.66.